The monoisotopic (exact) mass is 408 g/mol. The second-order valence-electron chi connectivity index (χ2n) is 7.21. The van der Waals surface area contributed by atoms with E-state index in [1.54, 1.807) is 37.4 Å². The summed E-state index contributed by atoms with van der Waals surface area (Å²) in [6.07, 6.45) is 0. The lowest BCUT2D eigenvalue weighted by atomic mass is 9.92. The number of hydrogen-bond donors (Lipinski definition) is 0. The molecule has 0 bridgehead atoms. The summed E-state index contributed by atoms with van der Waals surface area (Å²) in [7, 11) is 3.14. The predicted molar refractivity (Wildman–Crippen MR) is 115 cm³/mol. The summed E-state index contributed by atoms with van der Waals surface area (Å²) < 4.78 is 30.8. The van der Waals surface area contributed by atoms with Crippen molar-refractivity contribution in [2.45, 2.75) is 20.5 Å². The largest absolute Gasteiger partial charge is 0.497 e. The number of ketones is 1. The molecule has 0 aliphatic rings. The SMILES string of the molecule is COc1ccc(COc2ccc(-c3cc(OC)ccc3F)c(C(=O)C(C)C)c2)cc1. The first kappa shape index (κ1) is 21.4. The predicted octanol–water partition coefficient (Wildman–Crippen LogP) is 5.93. The molecule has 3 aromatic carbocycles. The van der Waals surface area contributed by atoms with Gasteiger partial charge in [0.15, 0.2) is 5.78 Å². The van der Waals surface area contributed by atoms with Crippen molar-refractivity contribution in [3.63, 3.8) is 0 Å². The van der Waals surface area contributed by atoms with E-state index >= 15 is 0 Å². The molecule has 0 atom stereocenters. The lowest BCUT2D eigenvalue weighted by molar-refractivity contribution is 0.0939. The van der Waals surface area contributed by atoms with Crippen LogP contribution in [0.3, 0.4) is 0 Å². The quantitative estimate of drug-likeness (QED) is 0.434. The zero-order valence-corrected chi connectivity index (χ0v) is 17.6. The lowest BCUT2D eigenvalue weighted by Crippen LogP contribution is -2.10. The van der Waals surface area contributed by atoms with Crippen LogP contribution >= 0.6 is 0 Å². The van der Waals surface area contributed by atoms with Crippen LogP contribution in [0.2, 0.25) is 0 Å². The molecule has 0 aliphatic carbocycles. The number of halogens is 1. The van der Waals surface area contributed by atoms with Gasteiger partial charge in [-0.15, -0.1) is 0 Å². The van der Waals surface area contributed by atoms with E-state index in [9.17, 15) is 9.18 Å². The number of carbonyl (C=O) groups is 1. The van der Waals surface area contributed by atoms with Crippen LogP contribution in [0.25, 0.3) is 11.1 Å². The first-order chi connectivity index (χ1) is 14.4. The zero-order chi connectivity index (χ0) is 21.7. The van der Waals surface area contributed by atoms with Crippen LogP contribution < -0.4 is 14.2 Å². The van der Waals surface area contributed by atoms with Gasteiger partial charge in [-0.05, 0) is 59.7 Å². The molecular formula is C25H25FO4. The second-order valence-corrected chi connectivity index (χ2v) is 7.21. The van der Waals surface area contributed by atoms with Crippen molar-refractivity contribution in [3.8, 4) is 28.4 Å². The van der Waals surface area contributed by atoms with Crippen LogP contribution in [0.4, 0.5) is 4.39 Å². The summed E-state index contributed by atoms with van der Waals surface area (Å²) in [6, 6.07) is 17.2. The van der Waals surface area contributed by atoms with E-state index in [0.717, 1.165) is 11.3 Å². The van der Waals surface area contributed by atoms with Crippen molar-refractivity contribution in [1.82, 2.24) is 0 Å². The van der Waals surface area contributed by atoms with E-state index in [1.165, 1.54) is 13.2 Å². The van der Waals surface area contributed by atoms with Crippen LogP contribution in [0, 0.1) is 11.7 Å². The smallest absolute Gasteiger partial charge is 0.166 e. The molecule has 156 valence electrons. The molecule has 0 fully saturated rings. The molecule has 0 N–H and O–H groups in total. The van der Waals surface area contributed by atoms with Gasteiger partial charge in [0, 0.05) is 17.0 Å². The Kier molecular flexibility index (Phi) is 6.72. The maximum absolute atomic E-state index is 14.6. The Morgan fingerprint density at radius 2 is 1.47 bits per heavy atom. The third-order valence-electron chi connectivity index (χ3n) is 4.81. The van der Waals surface area contributed by atoms with Crippen molar-refractivity contribution >= 4 is 5.78 Å². The minimum Gasteiger partial charge on any atom is -0.497 e. The van der Waals surface area contributed by atoms with Crippen LogP contribution in [-0.4, -0.2) is 20.0 Å². The molecule has 4 nitrogen and oxygen atoms in total. The summed E-state index contributed by atoms with van der Waals surface area (Å²) in [5, 5.41) is 0. The third-order valence-corrected chi connectivity index (χ3v) is 4.81. The van der Waals surface area contributed by atoms with Gasteiger partial charge < -0.3 is 14.2 Å². The van der Waals surface area contributed by atoms with E-state index in [2.05, 4.69) is 0 Å². The van der Waals surface area contributed by atoms with E-state index < -0.39 is 5.82 Å². The van der Waals surface area contributed by atoms with E-state index in [0.29, 0.717) is 34.8 Å². The standard InChI is InChI=1S/C25H25FO4/c1-16(2)25(27)23-14-20(30-15-17-5-7-18(28-3)8-6-17)9-11-21(23)22-13-19(29-4)10-12-24(22)26/h5-14,16H,15H2,1-4H3. The van der Waals surface area contributed by atoms with Crippen LogP contribution in [0.5, 0.6) is 17.2 Å². The van der Waals surface area contributed by atoms with Crippen molar-refractivity contribution < 1.29 is 23.4 Å². The van der Waals surface area contributed by atoms with Crippen molar-refractivity contribution in [1.29, 1.82) is 0 Å². The molecule has 3 rings (SSSR count). The van der Waals surface area contributed by atoms with E-state index in [1.807, 2.05) is 38.1 Å². The van der Waals surface area contributed by atoms with E-state index in [4.69, 9.17) is 14.2 Å². The van der Waals surface area contributed by atoms with Gasteiger partial charge >= 0.3 is 0 Å². The molecule has 0 saturated heterocycles. The van der Waals surface area contributed by atoms with Gasteiger partial charge in [-0.1, -0.05) is 26.0 Å². The van der Waals surface area contributed by atoms with Crippen molar-refractivity contribution in [2.24, 2.45) is 5.92 Å². The van der Waals surface area contributed by atoms with Gasteiger partial charge in [-0.2, -0.15) is 0 Å². The second kappa shape index (κ2) is 9.44. The van der Waals surface area contributed by atoms with Crippen LogP contribution in [0.1, 0.15) is 29.8 Å². The van der Waals surface area contributed by atoms with Gasteiger partial charge in [-0.3, -0.25) is 4.79 Å². The minimum absolute atomic E-state index is 0.0814. The summed E-state index contributed by atoms with van der Waals surface area (Å²) in [4.78, 5) is 12.9. The summed E-state index contributed by atoms with van der Waals surface area (Å²) in [5.74, 6) is 1.10. The Morgan fingerprint density at radius 3 is 2.10 bits per heavy atom. The fourth-order valence-corrected chi connectivity index (χ4v) is 3.09. The normalized spacial score (nSPS) is 10.7. The van der Waals surface area contributed by atoms with Gasteiger partial charge in [0.05, 0.1) is 14.2 Å². The van der Waals surface area contributed by atoms with Crippen molar-refractivity contribution in [3.05, 3.63) is 77.6 Å². The minimum atomic E-state index is -0.416. The van der Waals surface area contributed by atoms with E-state index in [-0.39, 0.29) is 11.7 Å². The molecule has 0 aromatic heterocycles. The lowest BCUT2D eigenvalue weighted by Gasteiger charge is -2.15. The Balaban J connectivity index is 1.94. The zero-order valence-electron chi connectivity index (χ0n) is 17.6. The third kappa shape index (κ3) is 4.79. The molecule has 0 heterocycles. The number of hydrogen-bond acceptors (Lipinski definition) is 4. The average Bonchev–Trinajstić information content (AvgIpc) is 2.77. The topological polar surface area (TPSA) is 44.8 Å². The maximum Gasteiger partial charge on any atom is 0.166 e. The Hall–Kier alpha value is -3.34. The van der Waals surface area contributed by atoms with Crippen molar-refractivity contribution in [2.75, 3.05) is 14.2 Å². The van der Waals surface area contributed by atoms with Gasteiger partial charge in [0.2, 0.25) is 0 Å². The molecule has 0 saturated carbocycles. The average molecular weight is 408 g/mol. The Bertz CT molecular complexity index is 1030. The number of ether oxygens (including phenoxy) is 3. The molecule has 0 spiro atoms. The molecule has 5 heteroatoms. The molecule has 0 aliphatic heterocycles. The highest BCUT2D eigenvalue weighted by molar-refractivity contribution is 6.03. The molecule has 30 heavy (non-hydrogen) atoms. The maximum atomic E-state index is 14.6. The van der Waals surface area contributed by atoms with Crippen LogP contribution in [-0.2, 0) is 6.61 Å². The highest BCUT2D eigenvalue weighted by Crippen LogP contribution is 2.33. The number of carbonyl (C=O) groups excluding carboxylic acids is 1. The fourth-order valence-electron chi connectivity index (χ4n) is 3.09. The Labute approximate surface area is 176 Å². The van der Waals surface area contributed by atoms with Crippen LogP contribution in [0.15, 0.2) is 60.7 Å². The number of methoxy groups -OCH3 is 2. The fraction of sp³-hybridized carbons (Fsp3) is 0.240. The van der Waals surface area contributed by atoms with Gasteiger partial charge in [0.1, 0.15) is 29.7 Å². The van der Waals surface area contributed by atoms with Gasteiger partial charge in [-0.25, -0.2) is 4.39 Å². The first-order valence-electron chi connectivity index (χ1n) is 9.71. The van der Waals surface area contributed by atoms with Gasteiger partial charge in [0.25, 0.3) is 0 Å². The molecule has 0 unspecified atom stereocenters. The first-order valence-corrected chi connectivity index (χ1v) is 9.71. The summed E-state index contributed by atoms with van der Waals surface area (Å²) in [5.41, 5.74) is 2.22. The highest BCUT2D eigenvalue weighted by atomic mass is 19.1. The summed E-state index contributed by atoms with van der Waals surface area (Å²) >= 11 is 0. The molecule has 0 amide bonds. The molecular weight excluding hydrogens is 383 g/mol. The molecule has 3 aromatic rings. The number of benzene rings is 3. The highest BCUT2D eigenvalue weighted by Gasteiger charge is 2.19. The number of Topliss-reactive ketones (excluding diaryl/α,β-unsaturated/α-hetero) is 1. The summed E-state index contributed by atoms with van der Waals surface area (Å²) in [6.45, 7) is 3.98. The molecule has 0 radical (unpaired) electrons. The number of rotatable bonds is 8. The Morgan fingerprint density at radius 1 is 0.833 bits per heavy atom.